The Balaban J connectivity index is 0.00000529. The van der Waals surface area contributed by atoms with Crippen LogP contribution < -0.4 is 10.6 Å². The summed E-state index contributed by atoms with van der Waals surface area (Å²) < 4.78 is 23.5. The average molecular weight is 473 g/mol. The van der Waals surface area contributed by atoms with Gasteiger partial charge >= 0.3 is 0 Å². The van der Waals surface area contributed by atoms with Crippen LogP contribution in [0.1, 0.15) is 60.3 Å². The average Bonchev–Trinajstić information content (AvgIpc) is 2.37. The molecular weight excluding hydrogens is 437 g/mol. The third-order valence-electron chi connectivity index (χ3n) is 4.71. The van der Waals surface area contributed by atoms with E-state index in [1.165, 1.54) is 25.7 Å². The van der Waals surface area contributed by atoms with E-state index in [4.69, 9.17) is 0 Å². The molecule has 1 aliphatic carbocycles. The molecule has 0 atom stereocenters. The zero-order valence-electron chi connectivity index (χ0n) is 16.1. The number of guanidine groups is 1. The molecule has 0 unspecified atom stereocenters. The second-order valence-electron chi connectivity index (χ2n) is 8.24. The first-order valence-corrected chi connectivity index (χ1v) is 10.3. The van der Waals surface area contributed by atoms with E-state index in [9.17, 15) is 8.42 Å². The first-order valence-electron chi connectivity index (χ1n) is 8.68. The molecule has 0 radical (unpaired) electrons. The maximum absolute atomic E-state index is 12.1. The molecule has 1 fully saturated rings. The van der Waals surface area contributed by atoms with E-state index in [1.54, 1.807) is 27.8 Å². The van der Waals surface area contributed by atoms with Crippen LogP contribution in [0.3, 0.4) is 0 Å². The Morgan fingerprint density at radius 1 is 1.21 bits per heavy atom. The number of nitrogens with zero attached hydrogens (tertiary/aromatic N) is 1. The van der Waals surface area contributed by atoms with E-state index in [0.29, 0.717) is 23.8 Å². The first kappa shape index (κ1) is 23.9. The second kappa shape index (κ2) is 9.59. The van der Waals surface area contributed by atoms with E-state index in [-0.39, 0.29) is 29.7 Å². The van der Waals surface area contributed by atoms with Crippen LogP contribution in [0.4, 0.5) is 0 Å². The largest absolute Gasteiger partial charge is 0.356 e. The van der Waals surface area contributed by atoms with E-state index in [0.717, 1.165) is 6.54 Å². The lowest BCUT2D eigenvalue weighted by Gasteiger charge is -2.43. The lowest BCUT2D eigenvalue weighted by molar-refractivity contribution is 0.104. The Morgan fingerprint density at radius 3 is 2.17 bits per heavy atom. The Bertz CT molecular complexity index is 506. The van der Waals surface area contributed by atoms with Gasteiger partial charge in [-0.1, -0.05) is 20.3 Å². The van der Waals surface area contributed by atoms with Gasteiger partial charge in [-0.15, -0.1) is 24.0 Å². The minimum absolute atomic E-state index is 0. The van der Waals surface area contributed by atoms with Gasteiger partial charge in [0.25, 0.3) is 0 Å². The molecule has 0 heterocycles. The lowest BCUT2D eigenvalue weighted by atomic mass is 9.64. The fraction of sp³-hybridized carbons (Fsp3) is 0.941. The Hall–Kier alpha value is -0.0500. The molecule has 0 spiro atoms. The van der Waals surface area contributed by atoms with Gasteiger partial charge in [0, 0.05) is 20.1 Å². The summed E-state index contributed by atoms with van der Waals surface area (Å²) in [4.78, 5) is 4.21. The molecule has 0 saturated heterocycles. The molecule has 5 nitrogen and oxygen atoms in total. The van der Waals surface area contributed by atoms with Crippen molar-refractivity contribution in [2.45, 2.75) is 65.0 Å². The molecule has 7 heteroatoms. The summed E-state index contributed by atoms with van der Waals surface area (Å²) in [6.45, 7) is 11.0. The predicted octanol–water partition coefficient (Wildman–Crippen LogP) is 3.20. The van der Waals surface area contributed by atoms with Crippen LogP contribution >= 0.6 is 24.0 Å². The van der Waals surface area contributed by atoms with Crippen molar-refractivity contribution >= 4 is 39.8 Å². The van der Waals surface area contributed by atoms with Crippen LogP contribution in [0.15, 0.2) is 4.99 Å². The molecule has 0 aromatic rings. The quantitative estimate of drug-likeness (QED) is 0.339. The summed E-state index contributed by atoms with van der Waals surface area (Å²) in [6.07, 6.45) is 5.08. The van der Waals surface area contributed by atoms with Crippen LogP contribution in [0.5, 0.6) is 0 Å². The molecule has 0 amide bonds. The van der Waals surface area contributed by atoms with Crippen molar-refractivity contribution in [2.75, 3.05) is 25.9 Å². The minimum Gasteiger partial charge on any atom is -0.356 e. The maximum Gasteiger partial charge on any atom is 0.191 e. The van der Waals surface area contributed by atoms with Crippen LogP contribution in [0, 0.1) is 11.3 Å². The number of halogens is 1. The van der Waals surface area contributed by atoms with E-state index in [1.807, 2.05) is 0 Å². The van der Waals surface area contributed by atoms with Crippen molar-refractivity contribution < 1.29 is 8.42 Å². The molecule has 0 aromatic heterocycles. The summed E-state index contributed by atoms with van der Waals surface area (Å²) in [5, 5.41) is 6.52. The summed E-state index contributed by atoms with van der Waals surface area (Å²) in [5.74, 6) is 1.52. The van der Waals surface area contributed by atoms with Crippen molar-refractivity contribution in [2.24, 2.45) is 16.3 Å². The minimum atomic E-state index is -3.10. The molecular formula is C17H36IN3O2S. The summed E-state index contributed by atoms with van der Waals surface area (Å²) in [6, 6.07) is 0. The van der Waals surface area contributed by atoms with Crippen LogP contribution in [-0.4, -0.2) is 45.0 Å². The normalized spacial score (nSPS) is 17.9. The fourth-order valence-corrected chi connectivity index (χ4v) is 4.08. The van der Waals surface area contributed by atoms with Crippen molar-refractivity contribution in [3.05, 3.63) is 0 Å². The Labute approximate surface area is 165 Å². The highest BCUT2D eigenvalue weighted by molar-refractivity contribution is 14.0. The van der Waals surface area contributed by atoms with Gasteiger partial charge in [0.1, 0.15) is 0 Å². The van der Waals surface area contributed by atoms with Crippen molar-refractivity contribution in [1.82, 2.24) is 10.6 Å². The predicted molar refractivity (Wildman–Crippen MR) is 114 cm³/mol. The molecule has 1 aliphatic rings. The van der Waals surface area contributed by atoms with Gasteiger partial charge in [-0.3, -0.25) is 4.99 Å². The van der Waals surface area contributed by atoms with Crippen molar-refractivity contribution in [3.63, 3.8) is 0 Å². The summed E-state index contributed by atoms with van der Waals surface area (Å²) in [5.41, 5.74) is 0.392. The molecule has 1 saturated carbocycles. The molecule has 0 aromatic carbocycles. The molecule has 1 rings (SSSR count). The Morgan fingerprint density at radius 2 is 1.79 bits per heavy atom. The van der Waals surface area contributed by atoms with Crippen LogP contribution in [0.2, 0.25) is 0 Å². The smallest absolute Gasteiger partial charge is 0.191 e. The molecule has 0 bridgehead atoms. The highest BCUT2D eigenvalue weighted by atomic mass is 127. The van der Waals surface area contributed by atoms with Gasteiger partial charge in [-0.05, 0) is 51.4 Å². The third-order valence-corrected chi connectivity index (χ3v) is 7.31. The van der Waals surface area contributed by atoms with Crippen LogP contribution in [-0.2, 0) is 9.84 Å². The molecule has 0 aliphatic heterocycles. The standard InChI is InChI=1S/C17H35N3O2S.HI/c1-14(2)12-17(8-7-9-17)13-20-15(18-6)19-10-11-23(21,22)16(3,4)5;/h14H,7-13H2,1-6H3,(H2,18,19,20);1H. The number of nitrogens with one attached hydrogen (secondary N) is 2. The number of rotatable bonds is 7. The second-order valence-corrected chi connectivity index (χ2v) is 11.1. The van der Waals surface area contributed by atoms with E-state index in [2.05, 4.69) is 29.5 Å². The summed E-state index contributed by atoms with van der Waals surface area (Å²) >= 11 is 0. The molecule has 2 N–H and O–H groups in total. The number of sulfone groups is 1. The van der Waals surface area contributed by atoms with Crippen molar-refractivity contribution in [3.8, 4) is 0 Å². The van der Waals surface area contributed by atoms with E-state index < -0.39 is 14.6 Å². The van der Waals surface area contributed by atoms with Gasteiger partial charge in [0.2, 0.25) is 0 Å². The third kappa shape index (κ3) is 7.06. The lowest BCUT2D eigenvalue weighted by Crippen LogP contribution is -2.48. The highest BCUT2D eigenvalue weighted by Gasteiger charge is 2.37. The van der Waals surface area contributed by atoms with Gasteiger partial charge in [-0.25, -0.2) is 8.42 Å². The van der Waals surface area contributed by atoms with Crippen LogP contribution in [0.25, 0.3) is 0 Å². The molecule has 24 heavy (non-hydrogen) atoms. The number of hydrogen-bond acceptors (Lipinski definition) is 3. The van der Waals surface area contributed by atoms with Gasteiger partial charge < -0.3 is 10.6 Å². The summed E-state index contributed by atoms with van der Waals surface area (Å²) in [7, 11) is -1.37. The monoisotopic (exact) mass is 473 g/mol. The van der Waals surface area contributed by atoms with Crippen molar-refractivity contribution in [1.29, 1.82) is 0 Å². The highest BCUT2D eigenvalue weighted by Crippen LogP contribution is 2.45. The fourth-order valence-electron chi connectivity index (χ4n) is 3.10. The SMILES string of the molecule is CN=C(NCCS(=O)(=O)C(C)(C)C)NCC1(CC(C)C)CCC1.I. The van der Waals surface area contributed by atoms with E-state index >= 15 is 0 Å². The first-order chi connectivity index (χ1) is 10.5. The topological polar surface area (TPSA) is 70.6 Å². The van der Waals surface area contributed by atoms with Gasteiger partial charge in [-0.2, -0.15) is 0 Å². The number of aliphatic imine (C=N–C) groups is 1. The molecule has 144 valence electrons. The van der Waals surface area contributed by atoms with Gasteiger partial charge in [0.05, 0.1) is 10.5 Å². The zero-order valence-corrected chi connectivity index (χ0v) is 19.3. The Kier molecular flexibility index (Phi) is 9.57. The number of hydrogen-bond donors (Lipinski definition) is 2. The van der Waals surface area contributed by atoms with Gasteiger partial charge in [0.15, 0.2) is 15.8 Å². The zero-order chi connectivity index (χ0) is 17.7. The maximum atomic E-state index is 12.1.